The molecule has 0 spiro atoms. The number of hydrogen-bond donors (Lipinski definition) is 0. The second kappa shape index (κ2) is 15.0. The molecule has 0 N–H and O–H groups in total. The lowest BCUT2D eigenvalue weighted by Gasteiger charge is -2.36. The van der Waals surface area contributed by atoms with Gasteiger partial charge in [0.25, 0.3) is 11.8 Å². The van der Waals surface area contributed by atoms with Gasteiger partial charge in [-0.15, -0.1) is 0 Å². The summed E-state index contributed by atoms with van der Waals surface area (Å²) in [5, 5.41) is 0.172. The number of para-hydroxylation sites is 1. The molecule has 0 atom stereocenters. The molecule has 0 bridgehead atoms. The third-order valence-electron chi connectivity index (χ3n) is 7.55. The van der Waals surface area contributed by atoms with Gasteiger partial charge >= 0.3 is 0 Å². The van der Waals surface area contributed by atoms with Gasteiger partial charge in [-0.2, -0.15) is 23.5 Å². The van der Waals surface area contributed by atoms with Crippen molar-refractivity contribution in [3.63, 3.8) is 0 Å². The Labute approximate surface area is 263 Å². The summed E-state index contributed by atoms with van der Waals surface area (Å²) in [6, 6.07) is 8.34. The van der Waals surface area contributed by atoms with Crippen LogP contribution in [0.15, 0.2) is 59.8 Å². The molecule has 0 unspecified atom stereocenters. The standard InChI is InChI=1S/C31H41N3O5S3/c1-22-18-41-20-23(21-42-19-22)39-17-14-32-26-9-7-6-8-25(26)31(2,3)27(32)11-10-24-28(35)33(12-15-37-4)30(40)34(29(24)36)13-16-38-5/h6-11,23H,1,12-21H2,2-5H3/b27-11+. The zero-order chi connectivity index (χ0) is 30.3. The molecule has 3 aliphatic rings. The lowest BCUT2D eigenvalue weighted by molar-refractivity contribution is -0.134. The molecule has 3 aliphatic heterocycles. The van der Waals surface area contributed by atoms with E-state index in [1.807, 2.05) is 41.7 Å². The fourth-order valence-electron chi connectivity index (χ4n) is 5.31. The summed E-state index contributed by atoms with van der Waals surface area (Å²) in [4.78, 5) is 32.2. The summed E-state index contributed by atoms with van der Waals surface area (Å²) >= 11 is 9.29. The van der Waals surface area contributed by atoms with Crippen LogP contribution in [0.4, 0.5) is 5.69 Å². The molecule has 8 nitrogen and oxygen atoms in total. The van der Waals surface area contributed by atoms with Gasteiger partial charge in [-0.1, -0.05) is 44.2 Å². The third kappa shape index (κ3) is 7.31. The Balaban J connectivity index is 1.61. The number of methoxy groups -OCH3 is 2. The van der Waals surface area contributed by atoms with Gasteiger partial charge in [0.15, 0.2) is 5.11 Å². The Kier molecular flexibility index (Phi) is 11.7. The first-order valence-corrected chi connectivity index (χ1v) is 16.8. The van der Waals surface area contributed by atoms with Crippen LogP contribution in [0, 0.1) is 0 Å². The number of allylic oxidation sites excluding steroid dienone is 3. The Morgan fingerprint density at radius 3 is 2.10 bits per heavy atom. The number of ether oxygens (including phenoxy) is 3. The number of benzene rings is 1. The summed E-state index contributed by atoms with van der Waals surface area (Å²) in [7, 11) is 3.13. The maximum Gasteiger partial charge on any atom is 0.265 e. The molecule has 228 valence electrons. The Hall–Kier alpha value is -2.15. The minimum Gasteiger partial charge on any atom is -0.383 e. The SMILES string of the molecule is C=C1CSCC(OCCN2/C(=C/C=C3C(=O)N(CCOC)C(=S)N(CCOC)C3=O)C(C)(C)c3ccccc32)CSC1. The van der Waals surface area contributed by atoms with E-state index in [0.717, 1.165) is 34.4 Å². The fraction of sp³-hybridized carbons (Fsp3) is 0.516. The van der Waals surface area contributed by atoms with Crippen molar-refractivity contribution in [3.05, 3.63) is 65.4 Å². The van der Waals surface area contributed by atoms with E-state index in [1.54, 1.807) is 20.3 Å². The monoisotopic (exact) mass is 631 g/mol. The lowest BCUT2D eigenvalue weighted by atomic mass is 9.83. The first-order chi connectivity index (χ1) is 20.2. The molecule has 4 rings (SSSR count). The number of carbonyl (C=O) groups is 2. The van der Waals surface area contributed by atoms with E-state index in [-0.39, 0.29) is 35.3 Å². The van der Waals surface area contributed by atoms with E-state index in [0.29, 0.717) is 26.4 Å². The number of hydrogen-bond acceptors (Lipinski definition) is 9. The molecule has 2 saturated heterocycles. The highest BCUT2D eigenvalue weighted by atomic mass is 32.2. The number of rotatable bonds is 11. The van der Waals surface area contributed by atoms with E-state index >= 15 is 0 Å². The van der Waals surface area contributed by atoms with E-state index in [2.05, 4.69) is 37.5 Å². The Morgan fingerprint density at radius 2 is 1.50 bits per heavy atom. The van der Waals surface area contributed by atoms with E-state index in [1.165, 1.54) is 20.9 Å². The quantitative estimate of drug-likeness (QED) is 0.154. The number of fused-ring (bicyclic) bond motifs is 1. The lowest BCUT2D eigenvalue weighted by Crippen LogP contribution is -2.57. The van der Waals surface area contributed by atoms with Gasteiger partial charge in [0.2, 0.25) is 0 Å². The number of amides is 2. The van der Waals surface area contributed by atoms with Gasteiger partial charge < -0.3 is 19.1 Å². The number of carbonyl (C=O) groups excluding carboxylic acids is 2. The van der Waals surface area contributed by atoms with Crippen LogP contribution in [0.3, 0.4) is 0 Å². The van der Waals surface area contributed by atoms with Crippen molar-refractivity contribution in [2.45, 2.75) is 25.4 Å². The van der Waals surface area contributed by atoms with Crippen LogP contribution in [0.25, 0.3) is 0 Å². The average molecular weight is 632 g/mol. The van der Waals surface area contributed by atoms with Crippen LogP contribution in [0.1, 0.15) is 19.4 Å². The van der Waals surface area contributed by atoms with Crippen molar-refractivity contribution >= 4 is 58.4 Å². The van der Waals surface area contributed by atoms with E-state index < -0.39 is 11.8 Å². The number of nitrogens with zero attached hydrogens (tertiary/aromatic N) is 3. The van der Waals surface area contributed by atoms with Gasteiger partial charge in [0.1, 0.15) is 5.57 Å². The second-order valence-corrected chi connectivity index (χ2v) is 13.3. The van der Waals surface area contributed by atoms with Gasteiger partial charge in [-0.25, -0.2) is 0 Å². The van der Waals surface area contributed by atoms with Crippen LogP contribution in [-0.4, -0.2) is 110 Å². The van der Waals surface area contributed by atoms with Gasteiger partial charge in [0.05, 0.1) is 39.0 Å². The first-order valence-electron chi connectivity index (χ1n) is 14.1. The van der Waals surface area contributed by atoms with Crippen molar-refractivity contribution in [2.75, 3.05) is 81.6 Å². The minimum atomic E-state index is -0.419. The van der Waals surface area contributed by atoms with Crippen LogP contribution < -0.4 is 4.90 Å². The summed E-state index contributed by atoms with van der Waals surface area (Å²) in [6.07, 6.45) is 3.75. The zero-order valence-electron chi connectivity index (χ0n) is 24.9. The summed E-state index contributed by atoms with van der Waals surface area (Å²) in [6.45, 7) is 10.8. The van der Waals surface area contributed by atoms with Crippen molar-refractivity contribution < 1.29 is 23.8 Å². The number of thiocarbonyl (C=S) groups is 1. The molecule has 3 heterocycles. The molecular formula is C31H41N3O5S3. The molecule has 0 aromatic heterocycles. The summed E-state index contributed by atoms with van der Waals surface area (Å²) in [5.41, 5.74) is 4.30. The predicted octanol–water partition coefficient (Wildman–Crippen LogP) is 4.26. The maximum absolute atomic E-state index is 13.5. The highest BCUT2D eigenvalue weighted by Gasteiger charge is 2.41. The van der Waals surface area contributed by atoms with Crippen molar-refractivity contribution in [3.8, 4) is 0 Å². The molecule has 1 aromatic rings. The third-order valence-corrected chi connectivity index (χ3v) is 10.4. The maximum atomic E-state index is 13.5. The van der Waals surface area contributed by atoms with Crippen molar-refractivity contribution in [2.24, 2.45) is 0 Å². The van der Waals surface area contributed by atoms with Gasteiger partial charge in [0, 0.05) is 60.6 Å². The molecular weight excluding hydrogens is 591 g/mol. The second-order valence-electron chi connectivity index (χ2n) is 10.9. The molecule has 1 aromatic carbocycles. The highest BCUT2D eigenvalue weighted by Crippen LogP contribution is 2.47. The minimum absolute atomic E-state index is 0.0661. The van der Waals surface area contributed by atoms with Gasteiger partial charge in [-0.3, -0.25) is 19.4 Å². The number of thioether (sulfide) groups is 2. The topological polar surface area (TPSA) is 71.6 Å². The molecule has 2 fully saturated rings. The summed E-state index contributed by atoms with van der Waals surface area (Å²) in [5.74, 6) is 3.03. The highest BCUT2D eigenvalue weighted by molar-refractivity contribution is 8.01. The zero-order valence-corrected chi connectivity index (χ0v) is 27.4. The fourth-order valence-corrected chi connectivity index (χ4v) is 7.91. The largest absolute Gasteiger partial charge is 0.383 e. The molecule has 0 aliphatic carbocycles. The first kappa shape index (κ1) is 32.8. The van der Waals surface area contributed by atoms with Crippen LogP contribution in [-0.2, 0) is 29.2 Å². The Morgan fingerprint density at radius 1 is 0.929 bits per heavy atom. The number of anilines is 1. The van der Waals surface area contributed by atoms with E-state index in [9.17, 15) is 9.59 Å². The molecule has 11 heteroatoms. The predicted molar refractivity (Wildman–Crippen MR) is 176 cm³/mol. The Bertz CT molecular complexity index is 1200. The van der Waals surface area contributed by atoms with Crippen LogP contribution in [0.5, 0.6) is 0 Å². The van der Waals surface area contributed by atoms with Crippen molar-refractivity contribution in [1.29, 1.82) is 0 Å². The summed E-state index contributed by atoms with van der Waals surface area (Å²) < 4.78 is 16.8. The van der Waals surface area contributed by atoms with Gasteiger partial charge in [-0.05, 0) is 36.0 Å². The normalized spacial score (nSPS) is 20.8. The average Bonchev–Trinajstić information content (AvgIpc) is 3.17. The smallest absolute Gasteiger partial charge is 0.265 e. The molecule has 0 radical (unpaired) electrons. The molecule has 42 heavy (non-hydrogen) atoms. The molecule has 2 amide bonds. The van der Waals surface area contributed by atoms with E-state index in [4.69, 9.17) is 26.4 Å². The van der Waals surface area contributed by atoms with Crippen LogP contribution >= 0.6 is 35.7 Å². The van der Waals surface area contributed by atoms with Crippen LogP contribution in [0.2, 0.25) is 0 Å². The van der Waals surface area contributed by atoms with Crippen molar-refractivity contribution in [1.82, 2.24) is 9.80 Å². The molecule has 0 saturated carbocycles.